The SMILES string of the molecule is CCC(CC)(C(N)CCC1CC1)N1CCCC1. The lowest BCUT2D eigenvalue weighted by atomic mass is 9.80. The first kappa shape index (κ1) is 13.4. The maximum absolute atomic E-state index is 6.59. The van der Waals surface area contributed by atoms with E-state index in [0.717, 1.165) is 5.92 Å². The fourth-order valence-corrected chi connectivity index (χ4v) is 3.71. The molecule has 17 heavy (non-hydrogen) atoms. The van der Waals surface area contributed by atoms with Gasteiger partial charge in [0, 0.05) is 11.6 Å². The van der Waals surface area contributed by atoms with Crippen molar-refractivity contribution in [3.05, 3.63) is 0 Å². The molecular weight excluding hydrogens is 208 g/mol. The fraction of sp³-hybridized carbons (Fsp3) is 1.00. The molecule has 2 aliphatic rings. The minimum atomic E-state index is 0.297. The highest BCUT2D eigenvalue weighted by Crippen LogP contribution is 2.37. The van der Waals surface area contributed by atoms with E-state index in [0.29, 0.717) is 11.6 Å². The van der Waals surface area contributed by atoms with E-state index in [-0.39, 0.29) is 0 Å². The highest BCUT2D eigenvalue weighted by atomic mass is 15.2. The number of likely N-dealkylation sites (tertiary alicyclic amines) is 1. The van der Waals surface area contributed by atoms with Gasteiger partial charge in [0.25, 0.3) is 0 Å². The summed E-state index contributed by atoms with van der Waals surface area (Å²) in [4.78, 5) is 2.70. The minimum absolute atomic E-state index is 0.297. The van der Waals surface area contributed by atoms with Crippen LogP contribution in [0.3, 0.4) is 0 Å². The number of nitrogens with two attached hydrogens (primary N) is 1. The predicted octanol–water partition coefficient (Wildman–Crippen LogP) is 3.16. The Morgan fingerprint density at radius 1 is 1.18 bits per heavy atom. The van der Waals surface area contributed by atoms with E-state index >= 15 is 0 Å². The van der Waals surface area contributed by atoms with Gasteiger partial charge in [-0.1, -0.05) is 26.7 Å². The molecule has 0 radical (unpaired) electrons. The lowest BCUT2D eigenvalue weighted by molar-refractivity contribution is 0.0724. The minimum Gasteiger partial charge on any atom is -0.326 e. The van der Waals surface area contributed by atoms with E-state index in [2.05, 4.69) is 18.7 Å². The average molecular weight is 238 g/mol. The van der Waals surface area contributed by atoms with Crippen LogP contribution in [0.25, 0.3) is 0 Å². The van der Waals surface area contributed by atoms with Crippen molar-refractivity contribution in [3.8, 4) is 0 Å². The lowest BCUT2D eigenvalue weighted by Crippen LogP contribution is -2.58. The number of nitrogens with zero attached hydrogens (tertiary/aromatic N) is 1. The van der Waals surface area contributed by atoms with E-state index in [1.165, 1.54) is 64.5 Å². The van der Waals surface area contributed by atoms with Gasteiger partial charge in [0.2, 0.25) is 0 Å². The number of hydrogen-bond acceptors (Lipinski definition) is 2. The predicted molar refractivity (Wildman–Crippen MR) is 74.1 cm³/mol. The molecule has 2 N–H and O–H groups in total. The first-order valence-corrected chi connectivity index (χ1v) is 7.73. The Bertz CT molecular complexity index is 225. The summed E-state index contributed by atoms with van der Waals surface area (Å²) >= 11 is 0. The second kappa shape index (κ2) is 5.71. The summed E-state index contributed by atoms with van der Waals surface area (Å²) in [7, 11) is 0. The van der Waals surface area contributed by atoms with Crippen LogP contribution >= 0.6 is 0 Å². The van der Waals surface area contributed by atoms with E-state index in [9.17, 15) is 0 Å². The van der Waals surface area contributed by atoms with E-state index in [4.69, 9.17) is 5.73 Å². The number of rotatable bonds is 7. The van der Waals surface area contributed by atoms with Crippen LogP contribution in [0.4, 0.5) is 0 Å². The molecule has 0 aromatic rings. The Kier molecular flexibility index (Phi) is 4.48. The molecule has 1 aliphatic heterocycles. The molecular formula is C15H30N2. The molecule has 1 unspecified atom stereocenters. The average Bonchev–Trinajstić information content (AvgIpc) is 3.03. The summed E-state index contributed by atoms with van der Waals surface area (Å²) in [5, 5.41) is 0. The van der Waals surface area contributed by atoms with Crippen molar-refractivity contribution in [1.82, 2.24) is 4.90 Å². The van der Waals surface area contributed by atoms with Crippen molar-refractivity contribution in [2.75, 3.05) is 13.1 Å². The van der Waals surface area contributed by atoms with Crippen LogP contribution in [0.1, 0.15) is 65.2 Å². The molecule has 0 aromatic heterocycles. The molecule has 0 amide bonds. The normalized spacial score (nSPS) is 24.2. The quantitative estimate of drug-likeness (QED) is 0.738. The van der Waals surface area contributed by atoms with Crippen LogP contribution in [-0.2, 0) is 0 Å². The van der Waals surface area contributed by atoms with Gasteiger partial charge >= 0.3 is 0 Å². The third kappa shape index (κ3) is 2.85. The highest BCUT2D eigenvalue weighted by Gasteiger charge is 2.40. The van der Waals surface area contributed by atoms with Gasteiger partial charge in [-0.05, 0) is 57.5 Å². The third-order valence-corrected chi connectivity index (χ3v) is 5.23. The molecule has 2 rings (SSSR count). The summed E-state index contributed by atoms with van der Waals surface area (Å²) < 4.78 is 0. The molecule has 1 saturated carbocycles. The van der Waals surface area contributed by atoms with Crippen molar-refractivity contribution in [2.24, 2.45) is 11.7 Å². The molecule has 0 aromatic carbocycles. The Morgan fingerprint density at radius 3 is 2.24 bits per heavy atom. The Morgan fingerprint density at radius 2 is 1.76 bits per heavy atom. The summed E-state index contributed by atoms with van der Waals surface area (Å²) in [6.45, 7) is 7.22. The summed E-state index contributed by atoms with van der Waals surface area (Å²) in [5.74, 6) is 1.02. The van der Waals surface area contributed by atoms with Crippen molar-refractivity contribution >= 4 is 0 Å². The van der Waals surface area contributed by atoms with Gasteiger partial charge < -0.3 is 5.73 Å². The zero-order valence-corrected chi connectivity index (χ0v) is 11.8. The maximum Gasteiger partial charge on any atom is 0.0355 e. The van der Waals surface area contributed by atoms with Crippen LogP contribution in [0.2, 0.25) is 0 Å². The van der Waals surface area contributed by atoms with Crippen LogP contribution in [0.5, 0.6) is 0 Å². The summed E-state index contributed by atoms with van der Waals surface area (Å²) in [6.07, 6.45) is 10.7. The summed E-state index contributed by atoms with van der Waals surface area (Å²) in [5.41, 5.74) is 6.89. The monoisotopic (exact) mass is 238 g/mol. The smallest absolute Gasteiger partial charge is 0.0355 e. The molecule has 1 heterocycles. The zero-order chi connectivity index (χ0) is 12.3. The van der Waals surface area contributed by atoms with Gasteiger partial charge in [-0.15, -0.1) is 0 Å². The molecule has 1 saturated heterocycles. The Hall–Kier alpha value is -0.0800. The molecule has 2 heteroatoms. The first-order chi connectivity index (χ1) is 8.23. The molecule has 1 atom stereocenters. The second-order valence-electron chi connectivity index (χ2n) is 6.13. The van der Waals surface area contributed by atoms with Gasteiger partial charge in [0.05, 0.1) is 0 Å². The lowest BCUT2D eigenvalue weighted by Gasteiger charge is -2.45. The first-order valence-electron chi connectivity index (χ1n) is 7.73. The van der Waals surface area contributed by atoms with E-state index in [1.54, 1.807) is 0 Å². The largest absolute Gasteiger partial charge is 0.326 e. The van der Waals surface area contributed by atoms with E-state index in [1.807, 2.05) is 0 Å². The van der Waals surface area contributed by atoms with E-state index < -0.39 is 0 Å². The Balaban J connectivity index is 1.96. The van der Waals surface area contributed by atoms with Gasteiger partial charge in [-0.25, -0.2) is 0 Å². The van der Waals surface area contributed by atoms with Crippen molar-refractivity contribution in [1.29, 1.82) is 0 Å². The fourth-order valence-electron chi connectivity index (χ4n) is 3.71. The van der Waals surface area contributed by atoms with Crippen LogP contribution in [0, 0.1) is 5.92 Å². The Labute approximate surface area is 107 Å². The second-order valence-corrected chi connectivity index (χ2v) is 6.13. The molecule has 100 valence electrons. The van der Waals surface area contributed by atoms with Crippen LogP contribution in [-0.4, -0.2) is 29.6 Å². The third-order valence-electron chi connectivity index (χ3n) is 5.23. The molecule has 0 spiro atoms. The molecule has 2 fully saturated rings. The van der Waals surface area contributed by atoms with Crippen molar-refractivity contribution in [2.45, 2.75) is 76.8 Å². The highest BCUT2D eigenvalue weighted by molar-refractivity contribution is 4.99. The van der Waals surface area contributed by atoms with Gasteiger partial charge in [0.15, 0.2) is 0 Å². The van der Waals surface area contributed by atoms with Gasteiger partial charge in [-0.3, -0.25) is 4.90 Å². The zero-order valence-electron chi connectivity index (χ0n) is 11.8. The van der Waals surface area contributed by atoms with Gasteiger partial charge in [0.1, 0.15) is 0 Å². The van der Waals surface area contributed by atoms with Crippen molar-refractivity contribution < 1.29 is 0 Å². The maximum atomic E-state index is 6.59. The standard InChI is InChI=1S/C15H30N2/c1-3-15(4-2,17-11-5-6-12-17)14(16)10-9-13-7-8-13/h13-14H,3-12,16H2,1-2H3. The van der Waals surface area contributed by atoms with Crippen molar-refractivity contribution in [3.63, 3.8) is 0 Å². The summed E-state index contributed by atoms with van der Waals surface area (Å²) in [6, 6.07) is 0.385. The molecule has 1 aliphatic carbocycles. The van der Waals surface area contributed by atoms with Gasteiger partial charge in [-0.2, -0.15) is 0 Å². The van der Waals surface area contributed by atoms with Crippen LogP contribution < -0.4 is 5.73 Å². The molecule has 0 bridgehead atoms. The van der Waals surface area contributed by atoms with Crippen LogP contribution in [0.15, 0.2) is 0 Å². The molecule has 2 nitrogen and oxygen atoms in total. The topological polar surface area (TPSA) is 29.3 Å². The number of hydrogen-bond donors (Lipinski definition) is 1.